The van der Waals surface area contributed by atoms with Gasteiger partial charge in [-0.25, -0.2) is 13.4 Å². The van der Waals surface area contributed by atoms with Crippen LogP contribution >= 0.6 is 11.6 Å². The number of pyridine rings is 1. The summed E-state index contributed by atoms with van der Waals surface area (Å²) >= 11 is 6.05. The summed E-state index contributed by atoms with van der Waals surface area (Å²) in [6.45, 7) is 2.65. The Balaban J connectivity index is 1.73. The van der Waals surface area contributed by atoms with Crippen molar-refractivity contribution in [3.63, 3.8) is 0 Å². The van der Waals surface area contributed by atoms with Crippen LogP contribution in [0.15, 0.2) is 42.6 Å². The molecule has 0 saturated carbocycles. The van der Waals surface area contributed by atoms with Crippen molar-refractivity contribution < 1.29 is 13.2 Å². The van der Waals surface area contributed by atoms with E-state index in [9.17, 15) is 13.2 Å². The summed E-state index contributed by atoms with van der Waals surface area (Å²) in [7, 11) is -2.96. The van der Waals surface area contributed by atoms with Crippen LogP contribution in [0.1, 0.15) is 23.8 Å². The second-order valence-corrected chi connectivity index (χ2v) is 8.81. The van der Waals surface area contributed by atoms with Crippen molar-refractivity contribution >= 4 is 38.7 Å². The Morgan fingerprint density at radius 3 is 2.65 bits per heavy atom. The van der Waals surface area contributed by atoms with E-state index in [2.05, 4.69) is 10.3 Å². The largest absolute Gasteiger partial charge is 0.367 e. The molecular weight excluding hydrogens is 374 g/mol. The number of benzene rings is 1. The Hall–Kier alpha value is -2.12. The Morgan fingerprint density at radius 2 is 2.08 bits per heavy atom. The van der Waals surface area contributed by atoms with E-state index in [4.69, 9.17) is 11.6 Å². The molecule has 1 N–H and O–H groups in total. The molecule has 1 fully saturated rings. The third-order valence-electron chi connectivity index (χ3n) is 4.42. The fourth-order valence-corrected chi connectivity index (χ4v) is 5.03. The third-order valence-corrected chi connectivity index (χ3v) is 6.50. The van der Waals surface area contributed by atoms with Crippen LogP contribution in [0.4, 0.5) is 11.4 Å². The van der Waals surface area contributed by atoms with Gasteiger partial charge in [-0.3, -0.25) is 4.79 Å². The number of nitrogens with zero attached hydrogens (tertiary/aromatic N) is 2. The second kappa shape index (κ2) is 7.63. The fourth-order valence-electron chi connectivity index (χ4n) is 3.11. The van der Waals surface area contributed by atoms with Crippen molar-refractivity contribution in [3.05, 3.63) is 53.3 Å². The number of para-hydroxylation sites is 1. The van der Waals surface area contributed by atoms with Crippen molar-refractivity contribution in [2.75, 3.05) is 28.3 Å². The van der Waals surface area contributed by atoms with E-state index >= 15 is 0 Å². The van der Waals surface area contributed by atoms with Gasteiger partial charge in [0.15, 0.2) is 9.84 Å². The Labute approximate surface area is 158 Å². The highest BCUT2D eigenvalue weighted by atomic mass is 35.5. The van der Waals surface area contributed by atoms with E-state index in [1.165, 1.54) is 0 Å². The van der Waals surface area contributed by atoms with Gasteiger partial charge < -0.3 is 10.2 Å². The molecule has 2 aromatic rings. The molecule has 26 heavy (non-hydrogen) atoms. The Kier molecular flexibility index (Phi) is 5.48. The highest BCUT2D eigenvalue weighted by molar-refractivity contribution is 7.91. The molecule has 1 aliphatic rings. The number of anilines is 2. The van der Waals surface area contributed by atoms with Crippen LogP contribution in [0.2, 0.25) is 5.02 Å². The maximum Gasteiger partial charge on any atom is 0.274 e. The summed E-state index contributed by atoms with van der Waals surface area (Å²) < 4.78 is 23.5. The van der Waals surface area contributed by atoms with Crippen LogP contribution in [-0.4, -0.2) is 43.4 Å². The Morgan fingerprint density at radius 1 is 1.31 bits per heavy atom. The lowest BCUT2D eigenvalue weighted by Gasteiger charge is -2.28. The number of nitrogens with one attached hydrogen (secondary N) is 1. The molecule has 1 aromatic carbocycles. The molecule has 0 bridgehead atoms. The highest BCUT2D eigenvalue weighted by Crippen LogP contribution is 2.24. The molecule has 0 aliphatic carbocycles. The lowest BCUT2D eigenvalue weighted by molar-refractivity contribution is 0.102. The molecule has 0 radical (unpaired) electrons. The minimum absolute atomic E-state index is 0.0467. The van der Waals surface area contributed by atoms with Gasteiger partial charge in [-0.2, -0.15) is 0 Å². The number of aromatic nitrogens is 1. The SMILES string of the molecule is CCN(c1ccc(C(=O)Nc2ccccc2Cl)nc1)C1CCS(=O)(=O)C1. The minimum Gasteiger partial charge on any atom is -0.367 e. The number of carbonyl (C=O) groups is 1. The summed E-state index contributed by atoms with van der Waals surface area (Å²) in [5.74, 6) is 0.0336. The van der Waals surface area contributed by atoms with E-state index in [1.54, 1.807) is 42.6 Å². The molecule has 1 unspecified atom stereocenters. The molecular formula is C18H20ClN3O3S. The molecule has 1 aliphatic heterocycles. The van der Waals surface area contributed by atoms with Crippen molar-refractivity contribution in [2.45, 2.75) is 19.4 Å². The van der Waals surface area contributed by atoms with Crippen molar-refractivity contribution in [1.29, 1.82) is 0 Å². The normalized spacial score (nSPS) is 18.5. The first-order chi connectivity index (χ1) is 12.4. The van der Waals surface area contributed by atoms with Gasteiger partial charge in [0.1, 0.15) is 5.69 Å². The van der Waals surface area contributed by atoms with Crippen LogP contribution < -0.4 is 10.2 Å². The van der Waals surface area contributed by atoms with E-state index in [1.807, 2.05) is 11.8 Å². The van der Waals surface area contributed by atoms with Gasteiger partial charge in [0.2, 0.25) is 0 Å². The summed E-state index contributed by atoms with van der Waals surface area (Å²) in [4.78, 5) is 18.6. The molecule has 8 heteroatoms. The van der Waals surface area contributed by atoms with Gasteiger partial charge in [0.05, 0.1) is 34.1 Å². The predicted molar refractivity (Wildman–Crippen MR) is 104 cm³/mol. The highest BCUT2D eigenvalue weighted by Gasteiger charge is 2.32. The lowest BCUT2D eigenvalue weighted by Crippen LogP contribution is -2.36. The van der Waals surface area contributed by atoms with Crippen LogP contribution in [0.5, 0.6) is 0 Å². The molecule has 1 saturated heterocycles. The summed E-state index contributed by atoms with van der Waals surface area (Å²) in [5, 5.41) is 3.18. The molecule has 2 heterocycles. The van der Waals surface area contributed by atoms with E-state index in [0.717, 1.165) is 5.69 Å². The topological polar surface area (TPSA) is 79.4 Å². The van der Waals surface area contributed by atoms with Crippen molar-refractivity contribution in [3.8, 4) is 0 Å². The molecule has 3 rings (SSSR count). The fraction of sp³-hybridized carbons (Fsp3) is 0.333. The first-order valence-corrected chi connectivity index (χ1v) is 10.6. The molecule has 6 nitrogen and oxygen atoms in total. The average molecular weight is 394 g/mol. The standard InChI is InChI=1S/C18H20ClN3O3S/c1-2-22(14-9-10-26(24,25)12-14)13-7-8-17(20-11-13)18(23)21-16-6-4-3-5-15(16)19/h3-8,11,14H,2,9-10,12H2,1H3,(H,21,23). The number of hydrogen-bond donors (Lipinski definition) is 1. The molecule has 138 valence electrons. The molecule has 1 aromatic heterocycles. The van der Waals surface area contributed by atoms with Gasteiger partial charge >= 0.3 is 0 Å². The monoisotopic (exact) mass is 393 g/mol. The molecule has 1 amide bonds. The first kappa shape index (κ1) is 18.7. The van der Waals surface area contributed by atoms with Crippen LogP contribution in [0, 0.1) is 0 Å². The molecule has 1 atom stereocenters. The summed E-state index contributed by atoms with van der Waals surface area (Å²) in [5.41, 5.74) is 1.60. The molecule has 0 spiro atoms. The van der Waals surface area contributed by atoms with E-state index < -0.39 is 9.84 Å². The number of carbonyl (C=O) groups excluding carboxylic acids is 1. The van der Waals surface area contributed by atoms with Crippen LogP contribution in [0.25, 0.3) is 0 Å². The lowest BCUT2D eigenvalue weighted by atomic mass is 10.2. The van der Waals surface area contributed by atoms with Crippen LogP contribution in [-0.2, 0) is 9.84 Å². The number of hydrogen-bond acceptors (Lipinski definition) is 5. The summed E-state index contributed by atoms with van der Waals surface area (Å²) in [6, 6.07) is 10.4. The van der Waals surface area contributed by atoms with Crippen LogP contribution in [0.3, 0.4) is 0 Å². The smallest absolute Gasteiger partial charge is 0.274 e. The quantitative estimate of drug-likeness (QED) is 0.844. The zero-order valence-corrected chi connectivity index (χ0v) is 15.9. The van der Waals surface area contributed by atoms with Gasteiger partial charge in [-0.15, -0.1) is 0 Å². The third kappa shape index (κ3) is 4.16. The van der Waals surface area contributed by atoms with E-state index in [-0.39, 0.29) is 29.1 Å². The summed E-state index contributed by atoms with van der Waals surface area (Å²) in [6.07, 6.45) is 2.22. The number of rotatable bonds is 5. The average Bonchev–Trinajstić information content (AvgIpc) is 2.98. The first-order valence-electron chi connectivity index (χ1n) is 8.38. The van der Waals surface area contributed by atoms with Gasteiger partial charge in [-0.05, 0) is 37.6 Å². The zero-order chi connectivity index (χ0) is 18.7. The van der Waals surface area contributed by atoms with E-state index in [0.29, 0.717) is 23.7 Å². The zero-order valence-electron chi connectivity index (χ0n) is 14.4. The minimum atomic E-state index is -2.96. The van der Waals surface area contributed by atoms with Gasteiger partial charge in [0, 0.05) is 12.6 Å². The Bertz CT molecular complexity index is 900. The maximum atomic E-state index is 12.3. The number of amides is 1. The van der Waals surface area contributed by atoms with Crippen molar-refractivity contribution in [1.82, 2.24) is 4.98 Å². The second-order valence-electron chi connectivity index (χ2n) is 6.18. The van der Waals surface area contributed by atoms with Gasteiger partial charge in [-0.1, -0.05) is 23.7 Å². The van der Waals surface area contributed by atoms with Gasteiger partial charge in [0.25, 0.3) is 5.91 Å². The maximum absolute atomic E-state index is 12.3. The number of sulfone groups is 1. The number of halogens is 1. The van der Waals surface area contributed by atoms with Crippen molar-refractivity contribution in [2.24, 2.45) is 0 Å². The predicted octanol–water partition coefficient (Wildman–Crippen LogP) is 3.00.